The fourth-order valence-electron chi connectivity index (χ4n) is 4.10. The minimum absolute atomic E-state index is 0.0662. The van der Waals surface area contributed by atoms with E-state index >= 15 is 0 Å². The number of hydrogen-bond donors (Lipinski definition) is 0. The number of fused-ring (bicyclic) bond motifs is 1. The Bertz CT molecular complexity index is 778. The smallest absolute Gasteiger partial charge is 0.303 e. The summed E-state index contributed by atoms with van der Waals surface area (Å²) in [6, 6.07) is 0. The molecule has 3 rings (SSSR count). The third kappa shape index (κ3) is 3.17. The molecule has 2 heterocycles. The molecule has 4 nitrogen and oxygen atoms in total. The summed E-state index contributed by atoms with van der Waals surface area (Å²) in [4.78, 5) is 24.7. The molecule has 0 N–H and O–H groups in total. The number of carbonyl (C=O) groups excluding carboxylic acids is 2. The molecule has 0 saturated carbocycles. The molecule has 0 radical (unpaired) electrons. The number of Topliss-reactive ketones (excluding diaryl/α,β-unsaturated/α-hetero) is 1. The van der Waals surface area contributed by atoms with Crippen molar-refractivity contribution in [3.8, 4) is 0 Å². The lowest BCUT2D eigenvalue weighted by Crippen LogP contribution is -2.37. The first-order valence-corrected chi connectivity index (χ1v) is 9.25. The predicted octanol–water partition coefficient (Wildman–Crippen LogP) is 4.43. The van der Waals surface area contributed by atoms with Gasteiger partial charge in [0.2, 0.25) is 5.78 Å². The van der Waals surface area contributed by atoms with Crippen LogP contribution in [0.4, 0.5) is 0 Å². The number of ketones is 1. The van der Waals surface area contributed by atoms with Crippen molar-refractivity contribution in [2.45, 2.75) is 66.1 Å². The average Bonchev–Trinajstić information content (AvgIpc) is 2.94. The number of allylic oxidation sites excluding steroid dienone is 3. The van der Waals surface area contributed by atoms with Crippen molar-refractivity contribution in [1.29, 1.82) is 0 Å². The number of rotatable bonds is 1. The standard InChI is InChI=1S/C22H28O4/c1-13-9-17-10-14(2)18(25-16(4)23)7-8-21(5,6)12-19-15(3)20(24)22(17,11-13)26-19/h7-10,13,18H,11-12H2,1-6H3/b8-7+,14-10-/t13-,18-,22+/m0/s1. The van der Waals surface area contributed by atoms with Crippen molar-refractivity contribution >= 4 is 11.8 Å². The highest BCUT2D eigenvalue weighted by molar-refractivity contribution is 6.07. The zero-order valence-corrected chi connectivity index (χ0v) is 16.5. The molecule has 2 bridgehead atoms. The van der Waals surface area contributed by atoms with Crippen molar-refractivity contribution in [2.24, 2.45) is 11.3 Å². The summed E-state index contributed by atoms with van der Waals surface area (Å²) in [6.45, 7) is 11.5. The van der Waals surface area contributed by atoms with E-state index in [-0.39, 0.29) is 23.1 Å². The molecule has 140 valence electrons. The van der Waals surface area contributed by atoms with Crippen LogP contribution in [0.25, 0.3) is 0 Å². The van der Waals surface area contributed by atoms with Gasteiger partial charge < -0.3 is 9.47 Å². The summed E-state index contributed by atoms with van der Waals surface area (Å²) in [5.74, 6) is 0.776. The first kappa shape index (κ1) is 18.7. The molecule has 2 aliphatic heterocycles. The van der Waals surface area contributed by atoms with Crippen LogP contribution >= 0.6 is 0 Å². The van der Waals surface area contributed by atoms with Crippen LogP contribution in [0, 0.1) is 11.3 Å². The molecule has 0 aromatic carbocycles. The van der Waals surface area contributed by atoms with Crippen molar-refractivity contribution < 1.29 is 19.1 Å². The Kier molecular flexibility index (Phi) is 4.50. The van der Waals surface area contributed by atoms with Crippen LogP contribution in [0.5, 0.6) is 0 Å². The van der Waals surface area contributed by atoms with Gasteiger partial charge in [0.15, 0.2) is 5.60 Å². The highest BCUT2D eigenvalue weighted by atomic mass is 16.5. The molecule has 1 aliphatic carbocycles. The van der Waals surface area contributed by atoms with E-state index in [9.17, 15) is 9.59 Å². The summed E-state index contributed by atoms with van der Waals surface area (Å²) in [7, 11) is 0. The van der Waals surface area contributed by atoms with E-state index in [2.05, 4.69) is 32.9 Å². The van der Waals surface area contributed by atoms with Gasteiger partial charge in [-0.2, -0.15) is 0 Å². The topological polar surface area (TPSA) is 52.6 Å². The molecule has 0 fully saturated rings. The van der Waals surface area contributed by atoms with Gasteiger partial charge in [0.1, 0.15) is 11.9 Å². The molecule has 3 atom stereocenters. The van der Waals surface area contributed by atoms with Gasteiger partial charge >= 0.3 is 5.97 Å². The molecule has 3 aliphatic rings. The summed E-state index contributed by atoms with van der Waals surface area (Å²) < 4.78 is 11.9. The molecule has 0 amide bonds. The van der Waals surface area contributed by atoms with Gasteiger partial charge in [-0.05, 0) is 42.4 Å². The Labute approximate surface area is 155 Å². The number of ether oxygens (including phenoxy) is 2. The lowest BCUT2D eigenvalue weighted by Gasteiger charge is -2.28. The van der Waals surface area contributed by atoms with E-state index in [0.717, 1.165) is 22.5 Å². The molecule has 0 aromatic heterocycles. The van der Waals surface area contributed by atoms with Crippen LogP contribution in [-0.4, -0.2) is 23.5 Å². The van der Waals surface area contributed by atoms with E-state index in [0.29, 0.717) is 12.8 Å². The Morgan fingerprint density at radius 2 is 2.00 bits per heavy atom. The van der Waals surface area contributed by atoms with Gasteiger partial charge in [-0.25, -0.2) is 0 Å². The second-order valence-electron chi connectivity index (χ2n) is 8.55. The zero-order chi connectivity index (χ0) is 19.3. The first-order valence-electron chi connectivity index (χ1n) is 9.25. The molecule has 26 heavy (non-hydrogen) atoms. The predicted molar refractivity (Wildman–Crippen MR) is 100 cm³/mol. The SMILES string of the molecule is CC(=O)O[C@H]1/C=C/C(C)(C)CC2=C(C)C(=O)[C@]3(C[C@@H](C)C=C3/C=C\1C)O2. The fraction of sp³-hybridized carbons (Fsp3) is 0.545. The first-order chi connectivity index (χ1) is 12.0. The maximum absolute atomic E-state index is 13.2. The van der Waals surface area contributed by atoms with Crippen LogP contribution in [0.15, 0.2) is 46.8 Å². The molecular formula is C22H28O4. The lowest BCUT2D eigenvalue weighted by atomic mass is 9.84. The van der Waals surface area contributed by atoms with Crippen LogP contribution in [-0.2, 0) is 19.1 Å². The maximum atomic E-state index is 13.2. The minimum atomic E-state index is -0.915. The van der Waals surface area contributed by atoms with Gasteiger partial charge in [-0.1, -0.05) is 39.0 Å². The highest BCUT2D eigenvalue weighted by Gasteiger charge is 2.53. The molecular weight excluding hydrogens is 328 g/mol. The second-order valence-corrected chi connectivity index (χ2v) is 8.55. The van der Waals surface area contributed by atoms with Crippen molar-refractivity contribution in [1.82, 2.24) is 0 Å². The van der Waals surface area contributed by atoms with Crippen LogP contribution in [0.2, 0.25) is 0 Å². The maximum Gasteiger partial charge on any atom is 0.303 e. The number of hydrogen-bond acceptors (Lipinski definition) is 4. The molecule has 4 heteroatoms. The second kappa shape index (κ2) is 6.26. The molecule has 0 unspecified atom stereocenters. The average molecular weight is 356 g/mol. The van der Waals surface area contributed by atoms with Crippen LogP contribution in [0.1, 0.15) is 54.4 Å². The molecule has 0 aromatic rings. The van der Waals surface area contributed by atoms with E-state index in [1.807, 2.05) is 26.0 Å². The van der Waals surface area contributed by atoms with Crippen LogP contribution in [0.3, 0.4) is 0 Å². The normalized spacial score (nSPS) is 36.3. The Morgan fingerprint density at radius 3 is 2.65 bits per heavy atom. The summed E-state index contributed by atoms with van der Waals surface area (Å²) in [5, 5.41) is 0. The number of carbonyl (C=O) groups is 2. The van der Waals surface area contributed by atoms with Gasteiger partial charge in [-0.3, -0.25) is 9.59 Å². The Hall–Kier alpha value is -2.10. The number of esters is 1. The van der Waals surface area contributed by atoms with Crippen molar-refractivity contribution in [3.05, 3.63) is 46.8 Å². The zero-order valence-electron chi connectivity index (χ0n) is 16.5. The largest absolute Gasteiger partial charge is 0.478 e. The molecule has 0 saturated heterocycles. The Morgan fingerprint density at radius 1 is 1.31 bits per heavy atom. The van der Waals surface area contributed by atoms with E-state index in [4.69, 9.17) is 9.47 Å². The fourth-order valence-corrected chi connectivity index (χ4v) is 4.10. The van der Waals surface area contributed by atoms with Crippen molar-refractivity contribution in [2.75, 3.05) is 0 Å². The minimum Gasteiger partial charge on any atom is -0.478 e. The quantitative estimate of drug-likeness (QED) is 0.515. The van der Waals surface area contributed by atoms with Gasteiger partial charge in [0.25, 0.3) is 0 Å². The van der Waals surface area contributed by atoms with E-state index < -0.39 is 11.7 Å². The van der Waals surface area contributed by atoms with Gasteiger partial charge in [-0.15, -0.1) is 0 Å². The van der Waals surface area contributed by atoms with E-state index in [1.54, 1.807) is 0 Å². The van der Waals surface area contributed by atoms with Crippen molar-refractivity contribution in [3.63, 3.8) is 0 Å². The summed E-state index contributed by atoms with van der Waals surface area (Å²) in [5.41, 5.74) is 1.36. The van der Waals surface area contributed by atoms with Crippen LogP contribution < -0.4 is 0 Å². The summed E-state index contributed by atoms with van der Waals surface area (Å²) in [6.07, 6.45) is 8.91. The highest BCUT2D eigenvalue weighted by Crippen LogP contribution is 2.49. The van der Waals surface area contributed by atoms with Gasteiger partial charge in [0, 0.05) is 25.3 Å². The third-order valence-electron chi connectivity index (χ3n) is 5.43. The van der Waals surface area contributed by atoms with Gasteiger partial charge in [0.05, 0.1) is 0 Å². The monoisotopic (exact) mass is 356 g/mol. The lowest BCUT2D eigenvalue weighted by molar-refractivity contribution is -0.142. The van der Waals surface area contributed by atoms with E-state index in [1.165, 1.54) is 6.92 Å². The molecule has 1 spiro atoms. The third-order valence-corrected chi connectivity index (χ3v) is 5.43. The summed E-state index contributed by atoms with van der Waals surface area (Å²) >= 11 is 0. The Balaban J connectivity index is 2.14.